The monoisotopic (exact) mass is 254 g/mol. The molecule has 0 aliphatic carbocycles. The van der Waals surface area contributed by atoms with Crippen LogP contribution in [0.2, 0.25) is 0 Å². The highest BCUT2D eigenvalue weighted by molar-refractivity contribution is 5.90. The highest BCUT2D eigenvalue weighted by Gasteiger charge is 2.19. The molecule has 0 saturated heterocycles. The number of hydrogen-bond donors (Lipinski definition) is 4. The average molecular weight is 254 g/mol. The highest BCUT2D eigenvalue weighted by atomic mass is 16.5. The fourth-order valence-electron chi connectivity index (χ4n) is 1.63. The normalized spacial score (nSPS) is 14.0. The summed E-state index contributed by atoms with van der Waals surface area (Å²) >= 11 is 0. The highest BCUT2D eigenvalue weighted by Crippen LogP contribution is 2.23. The Hall–Kier alpha value is -1.63. The summed E-state index contributed by atoms with van der Waals surface area (Å²) in [5.74, 6) is -0.552. The molecule has 6 N–H and O–H groups in total. The van der Waals surface area contributed by atoms with E-state index in [1.807, 2.05) is 0 Å². The van der Waals surface area contributed by atoms with Crippen LogP contribution < -0.4 is 11.5 Å². The molecule has 18 heavy (non-hydrogen) atoms. The minimum Gasteiger partial charge on any atom is -0.465 e. The Morgan fingerprint density at radius 2 is 2.06 bits per heavy atom. The van der Waals surface area contributed by atoms with E-state index in [4.69, 9.17) is 11.5 Å². The van der Waals surface area contributed by atoms with Gasteiger partial charge in [0.15, 0.2) is 0 Å². The molecule has 0 aromatic heterocycles. The zero-order valence-corrected chi connectivity index (χ0v) is 10.2. The quantitative estimate of drug-likeness (QED) is 0.427. The number of nitrogen functional groups attached to an aromatic ring is 1. The number of ether oxygens (including phenoxy) is 1. The molecule has 0 bridgehead atoms. The molecule has 0 aliphatic heterocycles. The van der Waals surface area contributed by atoms with Gasteiger partial charge >= 0.3 is 5.97 Å². The van der Waals surface area contributed by atoms with Gasteiger partial charge in [0, 0.05) is 5.69 Å². The third-order valence-electron chi connectivity index (χ3n) is 2.57. The van der Waals surface area contributed by atoms with E-state index in [0.29, 0.717) is 11.3 Å². The standard InChI is InChI=1S/C12H18N2O4/c1-18-12(17)8-4-7(5-9(14)6-8)11(16)10(15)2-3-13/h4-6,10-11,15-16H,2-3,13-14H2,1H3. The summed E-state index contributed by atoms with van der Waals surface area (Å²) in [6.07, 6.45) is -1.88. The van der Waals surface area contributed by atoms with Gasteiger partial charge in [-0.25, -0.2) is 4.79 Å². The minimum absolute atomic E-state index is 0.228. The molecule has 0 fully saturated rings. The van der Waals surface area contributed by atoms with Crippen molar-refractivity contribution in [1.29, 1.82) is 0 Å². The number of aliphatic hydroxyl groups is 2. The number of esters is 1. The SMILES string of the molecule is COC(=O)c1cc(N)cc(C(O)C(O)CCN)c1. The Morgan fingerprint density at radius 3 is 2.61 bits per heavy atom. The fraction of sp³-hybridized carbons (Fsp3) is 0.417. The fourth-order valence-corrected chi connectivity index (χ4v) is 1.63. The van der Waals surface area contributed by atoms with Crippen molar-refractivity contribution >= 4 is 11.7 Å². The van der Waals surface area contributed by atoms with E-state index in [1.54, 1.807) is 0 Å². The summed E-state index contributed by atoms with van der Waals surface area (Å²) in [5.41, 5.74) is 11.8. The number of aliphatic hydroxyl groups excluding tert-OH is 2. The van der Waals surface area contributed by atoms with Crippen LogP contribution >= 0.6 is 0 Å². The lowest BCUT2D eigenvalue weighted by Gasteiger charge is -2.18. The first-order valence-corrected chi connectivity index (χ1v) is 5.54. The van der Waals surface area contributed by atoms with E-state index >= 15 is 0 Å². The molecule has 0 aliphatic rings. The summed E-state index contributed by atoms with van der Waals surface area (Å²) in [7, 11) is 1.25. The van der Waals surface area contributed by atoms with Crippen LogP contribution in [-0.4, -0.2) is 35.9 Å². The van der Waals surface area contributed by atoms with E-state index in [2.05, 4.69) is 4.74 Å². The first-order chi connectivity index (χ1) is 8.49. The molecule has 0 spiro atoms. The van der Waals surface area contributed by atoms with Gasteiger partial charge in [0.05, 0.1) is 18.8 Å². The van der Waals surface area contributed by atoms with E-state index in [9.17, 15) is 15.0 Å². The van der Waals surface area contributed by atoms with Gasteiger partial charge in [-0.15, -0.1) is 0 Å². The van der Waals surface area contributed by atoms with E-state index in [0.717, 1.165) is 0 Å². The van der Waals surface area contributed by atoms with Crippen LogP contribution in [-0.2, 0) is 4.74 Å². The second-order valence-electron chi connectivity index (χ2n) is 3.97. The maximum absolute atomic E-state index is 11.4. The number of anilines is 1. The second-order valence-corrected chi connectivity index (χ2v) is 3.97. The molecule has 2 atom stereocenters. The van der Waals surface area contributed by atoms with Crippen molar-refractivity contribution in [3.63, 3.8) is 0 Å². The van der Waals surface area contributed by atoms with Crippen LogP contribution in [0.25, 0.3) is 0 Å². The molecular formula is C12H18N2O4. The summed E-state index contributed by atoms with van der Waals surface area (Å²) in [5, 5.41) is 19.6. The Bertz CT molecular complexity index is 423. The summed E-state index contributed by atoms with van der Waals surface area (Å²) in [4.78, 5) is 11.4. The molecule has 0 saturated carbocycles. The van der Waals surface area contributed by atoms with Gasteiger partial charge in [0.2, 0.25) is 0 Å². The molecule has 0 heterocycles. The molecule has 2 unspecified atom stereocenters. The topological polar surface area (TPSA) is 119 Å². The van der Waals surface area contributed by atoms with Crippen LogP contribution in [0.1, 0.15) is 28.4 Å². The summed E-state index contributed by atoms with van der Waals surface area (Å²) in [6, 6.07) is 4.38. The van der Waals surface area contributed by atoms with Gasteiger partial charge in [0.1, 0.15) is 6.10 Å². The van der Waals surface area contributed by atoms with Crippen molar-refractivity contribution < 1.29 is 19.7 Å². The van der Waals surface area contributed by atoms with E-state index < -0.39 is 18.2 Å². The number of nitrogens with two attached hydrogens (primary N) is 2. The first-order valence-electron chi connectivity index (χ1n) is 5.54. The number of carbonyl (C=O) groups is 1. The van der Waals surface area contributed by atoms with Crippen molar-refractivity contribution in [1.82, 2.24) is 0 Å². The predicted molar refractivity (Wildman–Crippen MR) is 66.8 cm³/mol. The molecule has 0 amide bonds. The van der Waals surface area contributed by atoms with Crippen molar-refractivity contribution in [2.75, 3.05) is 19.4 Å². The van der Waals surface area contributed by atoms with Crippen LogP contribution in [0, 0.1) is 0 Å². The molecule has 1 aromatic carbocycles. The maximum atomic E-state index is 11.4. The number of rotatable bonds is 5. The average Bonchev–Trinajstić information content (AvgIpc) is 2.36. The van der Waals surface area contributed by atoms with Crippen molar-refractivity contribution in [2.45, 2.75) is 18.6 Å². The molecule has 6 nitrogen and oxygen atoms in total. The zero-order valence-electron chi connectivity index (χ0n) is 10.2. The van der Waals surface area contributed by atoms with E-state index in [-0.39, 0.29) is 18.5 Å². The van der Waals surface area contributed by atoms with Gasteiger partial charge in [-0.1, -0.05) is 0 Å². The van der Waals surface area contributed by atoms with Crippen molar-refractivity contribution in [2.24, 2.45) is 5.73 Å². The van der Waals surface area contributed by atoms with Crippen LogP contribution in [0.3, 0.4) is 0 Å². The van der Waals surface area contributed by atoms with Gasteiger partial charge in [-0.2, -0.15) is 0 Å². The van der Waals surface area contributed by atoms with Gasteiger partial charge in [-0.05, 0) is 36.7 Å². The van der Waals surface area contributed by atoms with Crippen molar-refractivity contribution in [3.05, 3.63) is 29.3 Å². The number of carbonyl (C=O) groups excluding carboxylic acids is 1. The Balaban J connectivity index is 3.02. The van der Waals surface area contributed by atoms with Gasteiger partial charge in [0.25, 0.3) is 0 Å². The molecule has 0 radical (unpaired) electrons. The smallest absolute Gasteiger partial charge is 0.337 e. The lowest BCUT2D eigenvalue weighted by molar-refractivity contribution is 0.0149. The van der Waals surface area contributed by atoms with Gasteiger partial charge in [-0.3, -0.25) is 0 Å². The molecule has 100 valence electrons. The lowest BCUT2D eigenvalue weighted by atomic mass is 9.99. The zero-order chi connectivity index (χ0) is 13.7. The number of methoxy groups -OCH3 is 1. The number of hydrogen-bond acceptors (Lipinski definition) is 6. The van der Waals surface area contributed by atoms with Crippen LogP contribution in [0.4, 0.5) is 5.69 Å². The molecule has 1 aromatic rings. The van der Waals surface area contributed by atoms with Crippen LogP contribution in [0.5, 0.6) is 0 Å². The third-order valence-corrected chi connectivity index (χ3v) is 2.57. The Labute approximate surface area is 105 Å². The molecule has 6 heteroatoms. The Kier molecular flexibility index (Phi) is 5.08. The lowest BCUT2D eigenvalue weighted by Crippen LogP contribution is -2.22. The van der Waals surface area contributed by atoms with Crippen LogP contribution in [0.15, 0.2) is 18.2 Å². The molecule has 1 rings (SSSR count). The second kappa shape index (κ2) is 6.34. The van der Waals surface area contributed by atoms with Crippen molar-refractivity contribution in [3.8, 4) is 0 Å². The largest absolute Gasteiger partial charge is 0.465 e. The maximum Gasteiger partial charge on any atom is 0.337 e. The summed E-state index contributed by atoms with van der Waals surface area (Å²) in [6.45, 7) is 0.254. The minimum atomic E-state index is -1.14. The third kappa shape index (κ3) is 3.43. The Morgan fingerprint density at radius 1 is 1.39 bits per heavy atom. The summed E-state index contributed by atoms with van der Waals surface area (Å²) < 4.78 is 4.58. The molecular weight excluding hydrogens is 236 g/mol. The first kappa shape index (κ1) is 14.4. The number of benzene rings is 1. The van der Waals surface area contributed by atoms with Gasteiger partial charge < -0.3 is 26.4 Å². The predicted octanol–water partition coefficient (Wildman–Crippen LogP) is -0.201. The van der Waals surface area contributed by atoms with E-state index in [1.165, 1.54) is 25.3 Å².